The molecule has 0 aliphatic carbocycles. The molecule has 9 heteroatoms. The van der Waals surface area contributed by atoms with E-state index in [9.17, 15) is 22.8 Å². The molecule has 1 unspecified atom stereocenters. The van der Waals surface area contributed by atoms with E-state index in [0.717, 1.165) is 37.4 Å². The zero-order valence-corrected chi connectivity index (χ0v) is 17.3. The summed E-state index contributed by atoms with van der Waals surface area (Å²) in [7, 11) is 0. The van der Waals surface area contributed by atoms with Gasteiger partial charge in [0.25, 0.3) is 0 Å². The number of halogens is 3. The molecular weight excluding hydrogens is 399 g/mol. The number of carbonyl (C=O) groups excluding carboxylic acids is 2. The molecule has 2 aliphatic rings. The molecule has 0 aromatic heterocycles. The summed E-state index contributed by atoms with van der Waals surface area (Å²) in [5, 5.41) is 0. The van der Waals surface area contributed by atoms with Crippen molar-refractivity contribution in [1.29, 1.82) is 0 Å². The van der Waals surface area contributed by atoms with Crippen LogP contribution in [0.5, 0.6) is 0 Å². The minimum absolute atomic E-state index is 0.0931. The Labute approximate surface area is 174 Å². The second kappa shape index (κ2) is 8.45. The third-order valence-corrected chi connectivity index (χ3v) is 6.37. The number of aryl methyl sites for hydroxylation is 1. The third-order valence-electron chi connectivity index (χ3n) is 6.37. The van der Waals surface area contributed by atoms with Crippen LogP contribution >= 0.6 is 0 Å². The first-order valence-electron chi connectivity index (χ1n) is 10.2. The average Bonchev–Trinajstić information content (AvgIpc) is 3.04. The van der Waals surface area contributed by atoms with Gasteiger partial charge in [-0.15, -0.1) is 0 Å². The van der Waals surface area contributed by atoms with E-state index >= 15 is 0 Å². The molecule has 166 valence electrons. The van der Waals surface area contributed by atoms with Crippen molar-refractivity contribution in [3.63, 3.8) is 0 Å². The average molecular weight is 427 g/mol. The summed E-state index contributed by atoms with van der Waals surface area (Å²) < 4.78 is 42.5. The van der Waals surface area contributed by atoms with E-state index < -0.39 is 24.3 Å². The van der Waals surface area contributed by atoms with Gasteiger partial charge in [-0.1, -0.05) is 12.1 Å². The number of amides is 2. The van der Waals surface area contributed by atoms with Gasteiger partial charge in [0.2, 0.25) is 5.91 Å². The molecule has 2 heterocycles. The number of primary amides is 1. The zero-order valence-electron chi connectivity index (χ0n) is 17.3. The molecule has 2 fully saturated rings. The highest BCUT2D eigenvalue weighted by molar-refractivity contribution is 5.94. The normalized spacial score (nSPS) is 20.4. The number of nitrogens with zero attached hydrogens (tertiary/aromatic N) is 2. The summed E-state index contributed by atoms with van der Waals surface area (Å²) in [6, 6.07) is 5.70. The van der Waals surface area contributed by atoms with Crippen molar-refractivity contribution in [2.75, 3.05) is 19.6 Å². The van der Waals surface area contributed by atoms with E-state index in [2.05, 4.69) is 9.64 Å². The van der Waals surface area contributed by atoms with Crippen molar-refractivity contribution in [3.05, 3.63) is 34.9 Å². The van der Waals surface area contributed by atoms with Crippen molar-refractivity contribution in [2.45, 2.75) is 63.9 Å². The van der Waals surface area contributed by atoms with Crippen LogP contribution in [0.1, 0.15) is 54.1 Å². The van der Waals surface area contributed by atoms with Gasteiger partial charge in [-0.3, -0.25) is 9.69 Å². The van der Waals surface area contributed by atoms with E-state index in [1.807, 2.05) is 25.1 Å². The second-order valence-corrected chi connectivity index (χ2v) is 8.32. The van der Waals surface area contributed by atoms with Gasteiger partial charge in [-0.25, -0.2) is 4.79 Å². The van der Waals surface area contributed by atoms with Gasteiger partial charge in [0.05, 0.1) is 0 Å². The van der Waals surface area contributed by atoms with Gasteiger partial charge in [0.15, 0.2) is 6.10 Å². The van der Waals surface area contributed by atoms with Gasteiger partial charge in [0.1, 0.15) is 0 Å². The predicted molar refractivity (Wildman–Crippen MR) is 105 cm³/mol. The fourth-order valence-electron chi connectivity index (χ4n) is 4.46. The standard InChI is InChI=1S/C21H28F3N3O3/c1-14-4-5-16(12-17(14)18(25)28)13-27-9-3-6-20(27)7-10-26(11-8-20)19(29)30-15(2)21(22,23)24/h4-5,12,15H,3,6-11,13H2,1-2H3,(H2,25,28). The Morgan fingerprint density at radius 1 is 1.20 bits per heavy atom. The molecule has 2 amide bonds. The van der Waals surface area contributed by atoms with Crippen LogP contribution in [0.4, 0.5) is 18.0 Å². The summed E-state index contributed by atoms with van der Waals surface area (Å²) in [6.07, 6.45) is -4.25. The zero-order chi connectivity index (χ0) is 22.1. The number of hydrogen-bond donors (Lipinski definition) is 1. The monoisotopic (exact) mass is 427 g/mol. The SMILES string of the molecule is Cc1ccc(CN2CCCC23CCN(C(=O)OC(C)C(F)(F)F)CC3)cc1C(N)=O. The quantitative estimate of drug-likeness (QED) is 0.797. The predicted octanol–water partition coefficient (Wildman–Crippen LogP) is 3.61. The number of nitrogens with two attached hydrogens (primary N) is 1. The third kappa shape index (κ3) is 4.71. The van der Waals surface area contributed by atoms with Gasteiger partial charge < -0.3 is 15.4 Å². The summed E-state index contributed by atoms with van der Waals surface area (Å²) in [5.74, 6) is -0.453. The maximum atomic E-state index is 12.6. The largest absolute Gasteiger partial charge is 0.437 e. The number of likely N-dealkylation sites (tertiary alicyclic amines) is 2. The Morgan fingerprint density at radius 3 is 2.47 bits per heavy atom. The Morgan fingerprint density at radius 2 is 1.87 bits per heavy atom. The highest BCUT2D eigenvalue weighted by Crippen LogP contribution is 2.39. The number of benzene rings is 1. The van der Waals surface area contributed by atoms with Crippen LogP contribution in [0.3, 0.4) is 0 Å². The lowest BCUT2D eigenvalue weighted by Gasteiger charge is -2.45. The molecule has 1 atom stereocenters. The first-order valence-corrected chi connectivity index (χ1v) is 10.2. The molecule has 30 heavy (non-hydrogen) atoms. The highest BCUT2D eigenvalue weighted by atomic mass is 19.4. The summed E-state index contributed by atoms with van der Waals surface area (Å²) in [4.78, 5) is 27.5. The lowest BCUT2D eigenvalue weighted by atomic mass is 9.84. The van der Waals surface area contributed by atoms with Crippen molar-refractivity contribution >= 4 is 12.0 Å². The first-order chi connectivity index (χ1) is 14.0. The van der Waals surface area contributed by atoms with Gasteiger partial charge in [-0.2, -0.15) is 13.2 Å². The van der Waals surface area contributed by atoms with E-state index in [1.165, 1.54) is 4.90 Å². The van der Waals surface area contributed by atoms with Gasteiger partial charge >= 0.3 is 12.3 Å². The number of ether oxygens (including phenoxy) is 1. The van der Waals surface area contributed by atoms with Crippen molar-refractivity contribution in [1.82, 2.24) is 9.80 Å². The number of carbonyl (C=O) groups is 2. The fraction of sp³-hybridized carbons (Fsp3) is 0.619. The molecule has 1 spiro atoms. The van der Waals surface area contributed by atoms with Crippen LogP contribution in [0.15, 0.2) is 18.2 Å². The Bertz CT molecular complexity index is 804. The molecule has 3 rings (SSSR count). The summed E-state index contributed by atoms with van der Waals surface area (Å²) in [5.41, 5.74) is 7.71. The Balaban J connectivity index is 1.63. The second-order valence-electron chi connectivity index (χ2n) is 8.32. The van der Waals surface area contributed by atoms with Crippen LogP contribution in [0.25, 0.3) is 0 Å². The van der Waals surface area contributed by atoms with Crippen LogP contribution in [-0.4, -0.2) is 59.3 Å². The molecule has 1 aromatic carbocycles. The summed E-state index contributed by atoms with van der Waals surface area (Å²) in [6.45, 7) is 4.96. The molecule has 1 aromatic rings. The number of alkyl halides is 3. The smallest absolute Gasteiger partial charge is 0.425 e. The van der Waals surface area contributed by atoms with Crippen LogP contribution < -0.4 is 5.73 Å². The van der Waals surface area contributed by atoms with Crippen molar-refractivity contribution in [3.8, 4) is 0 Å². The number of piperidine rings is 1. The minimum atomic E-state index is -4.56. The fourth-order valence-corrected chi connectivity index (χ4v) is 4.46. The van der Waals surface area contributed by atoms with Crippen LogP contribution in [0.2, 0.25) is 0 Å². The Hall–Kier alpha value is -2.29. The molecule has 0 saturated carbocycles. The maximum Gasteiger partial charge on any atom is 0.425 e. The number of hydrogen-bond acceptors (Lipinski definition) is 4. The molecular formula is C21H28F3N3O3. The van der Waals surface area contributed by atoms with E-state index in [1.54, 1.807) is 0 Å². The molecule has 2 saturated heterocycles. The van der Waals surface area contributed by atoms with Crippen molar-refractivity contribution < 1.29 is 27.5 Å². The first kappa shape index (κ1) is 22.4. The van der Waals surface area contributed by atoms with Gasteiger partial charge in [-0.05, 0) is 63.3 Å². The van der Waals surface area contributed by atoms with E-state index in [-0.39, 0.29) is 5.54 Å². The van der Waals surface area contributed by atoms with Crippen molar-refractivity contribution in [2.24, 2.45) is 5.73 Å². The van der Waals surface area contributed by atoms with Crippen LogP contribution in [-0.2, 0) is 11.3 Å². The molecule has 0 radical (unpaired) electrons. The molecule has 2 N–H and O–H groups in total. The lowest BCUT2D eigenvalue weighted by Crippen LogP contribution is -2.53. The minimum Gasteiger partial charge on any atom is -0.437 e. The van der Waals surface area contributed by atoms with Gasteiger partial charge in [0, 0.05) is 30.7 Å². The lowest BCUT2D eigenvalue weighted by molar-refractivity contribution is -0.200. The van der Waals surface area contributed by atoms with Crippen LogP contribution in [0, 0.1) is 6.92 Å². The molecule has 0 bridgehead atoms. The highest BCUT2D eigenvalue weighted by Gasteiger charge is 2.45. The number of rotatable bonds is 4. The van der Waals surface area contributed by atoms with E-state index in [0.29, 0.717) is 38.0 Å². The van der Waals surface area contributed by atoms with E-state index in [4.69, 9.17) is 5.73 Å². The molecule has 2 aliphatic heterocycles. The molecule has 6 nitrogen and oxygen atoms in total. The maximum absolute atomic E-state index is 12.6. The topological polar surface area (TPSA) is 75.9 Å². The Kier molecular flexibility index (Phi) is 6.31. The summed E-state index contributed by atoms with van der Waals surface area (Å²) >= 11 is 0.